The largest absolute Gasteiger partial charge is 0.480 e. The predicted octanol–water partition coefficient (Wildman–Crippen LogP) is 0.366. The summed E-state index contributed by atoms with van der Waals surface area (Å²) in [6.07, 6.45) is 2.81. The molecule has 3 N–H and O–H groups in total. The van der Waals surface area contributed by atoms with Gasteiger partial charge >= 0.3 is 5.97 Å². The molecule has 0 aliphatic heterocycles. The summed E-state index contributed by atoms with van der Waals surface area (Å²) in [5, 5.41) is 11.4. The number of carbonyl (C=O) groups is 2. The quantitative estimate of drug-likeness (QED) is 0.594. The zero-order chi connectivity index (χ0) is 17.5. The van der Waals surface area contributed by atoms with E-state index in [1.54, 1.807) is 0 Å². The predicted molar refractivity (Wildman–Crippen MR) is 83.1 cm³/mol. The molecule has 0 radical (unpaired) electrons. The standard InChI is InChI=1S/C14H21N3O5S/c1-10(2)8-12(14(19)20)17-13(18)5-7-16-23(21,22)11-4-3-6-15-9-11/h3-4,6,9-10,12,16H,5,7-8H2,1-2H3,(H,17,18)(H,19,20). The van der Waals surface area contributed by atoms with Crippen molar-refractivity contribution in [1.29, 1.82) is 0 Å². The summed E-state index contributed by atoms with van der Waals surface area (Å²) in [6.45, 7) is 3.57. The Morgan fingerprint density at radius 3 is 2.57 bits per heavy atom. The van der Waals surface area contributed by atoms with Crippen LogP contribution in [0.4, 0.5) is 0 Å². The second-order valence-electron chi connectivity index (χ2n) is 5.42. The van der Waals surface area contributed by atoms with Gasteiger partial charge in [-0.25, -0.2) is 17.9 Å². The topological polar surface area (TPSA) is 125 Å². The molecule has 0 bridgehead atoms. The zero-order valence-electron chi connectivity index (χ0n) is 13.0. The van der Waals surface area contributed by atoms with Crippen LogP contribution in [0.2, 0.25) is 0 Å². The molecule has 23 heavy (non-hydrogen) atoms. The number of aromatic nitrogens is 1. The van der Waals surface area contributed by atoms with Crippen LogP contribution in [0, 0.1) is 5.92 Å². The van der Waals surface area contributed by atoms with E-state index in [4.69, 9.17) is 5.11 Å². The average molecular weight is 343 g/mol. The third-order valence-electron chi connectivity index (χ3n) is 2.93. The van der Waals surface area contributed by atoms with E-state index < -0.39 is 27.9 Å². The smallest absolute Gasteiger partial charge is 0.326 e. The van der Waals surface area contributed by atoms with Crippen molar-refractivity contribution in [2.45, 2.75) is 37.6 Å². The molecule has 1 unspecified atom stereocenters. The second kappa shape index (κ2) is 8.59. The molecule has 0 saturated heterocycles. The van der Waals surface area contributed by atoms with Crippen LogP contribution < -0.4 is 10.0 Å². The Balaban J connectivity index is 2.49. The summed E-state index contributed by atoms with van der Waals surface area (Å²) in [4.78, 5) is 26.5. The molecule has 0 aliphatic carbocycles. The van der Waals surface area contributed by atoms with E-state index in [-0.39, 0.29) is 23.8 Å². The van der Waals surface area contributed by atoms with E-state index in [9.17, 15) is 18.0 Å². The lowest BCUT2D eigenvalue weighted by Gasteiger charge is -2.16. The molecule has 1 heterocycles. The molecule has 0 aromatic carbocycles. The molecular weight excluding hydrogens is 322 g/mol. The van der Waals surface area contributed by atoms with Gasteiger partial charge in [0.05, 0.1) is 0 Å². The molecule has 0 aliphatic rings. The van der Waals surface area contributed by atoms with E-state index >= 15 is 0 Å². The van der Waals surface area contributed by atoms with Crippen LogP contribution in [0.15, 0.2) is 29.4 Å². The first-order chi connectivity index (χ1) is 10.7. The third kappa shape index (κ3) is 6.74. The number of pyridine rings is 1. The van der Waals surface area contributed by atoms with Crippen molar-refractivity contribution >= 4 is 21.9 Å². The molecule has 1 aromatic rings. The molecule has 8 nitrogen and oxygen atoms in total. The maximum Gasteiger partial charge on any atom is 0.326 e. The van der Waals surface area contributed by atoms with Gasteiger partial charge in [-0.1, -0.05) is 13.8 Å². The lowest BCUT2D eigenvalue weighted by atomic mass is 10.0. The maximum atomic E-state index is 11.9. The fourth-order valence-corrected chi connectivity index (χ4v) is 2.84. The number of nitrogens with one attached hydrogen (secondary N) is 2. The van der Waals surface area contributed by atoms with E-state index in [1.807, 2.05) is 13.8 Å². The minimum absolute atomic E-state index is 0.00336. The van der Waals surface area contributed by atoms with Gasteiger partial charge in [0.25, 0.3) is 0 Å². The fourth-order valence-electron chi connectivity index (χ4n) is 1.85. The minimum atomic E-state index is -3.73. The summed E-state index contributed by atoms with van der Waals surface area (Å²) in [7, 11) is -3.73. The highest BCUT2D eigenvalue weighted by Gasteiger charge is 2.21. The van der Waals surface area contributed by atoms with Crippen LogP contribution in [0.25, 0.3) is 0 Å². The Morgan fingerprint density at radius 1 is 1.35 bits per heavy atom. The van der Waals surface area contributed by atoms with Gasteiger partial charge in [0.2, 0.25) is 15.9 Å². The first-order valence-corrected chi connectivity index (χ1v) is 8.62. The lowest BCUT2D eigenvalue weighted by molar-refractivity contribution is -0.142. The summed E-state index contributed by atoms with van der Waals surface area (Å²) < 4.78 is 26.1. The van der Waals surface area contributed by atoms with Crippen molar-refractivity contribution in [3.63, 3.8) is 0 Å². The van der Waals surface area contributed by atoms with Crippen LogP contribution >= 0.6 is 0 Å². The number of aliphatic carboxylic acids is 1. The highest BCUT2D eigenvalue weighted by molar-refractivity contribution is 7.89. The van der Waals surface area contributed by atoms with Crippen LogP contribution in [-0.4, -0.2) is 43.0 Å². The number of nitrogens with zero attached hydrogens (tertiary/aromatic N) is 1. The van der Waals surface area contributed by atoms with Gasteiger partial charge in [-0.3, -0.25) is 9.78 Å². The number of rotatable bonds is 9. The summed E-state index contributed by atoms with van der Waals surface area (Å²) in [5.41, 5.74) is 0. The Kier molecular flexibility index (Phi) is 7.11. The Morgan fingerprint density at radius 2 is 2.04 bits per heavy atom. The SMILES string of the molecule is CC(C)CC(NC(=O)CCNS(=O)(=O)c1cccnc1)C(=O)O. The number of sulfonamides is 1. The molecule has 1 aromatic heterocycles. The Hall–Kier alpha value is -2.00. The van der Waals surface area contributed by atoms with Gasteiger partial charge < -0.3 is 10.4 Å². The Bertz CT molecular complexity index is 631. The Labute approximate surface area is 135 Å². The van der Waals surface area contributed by atoms with Crippen molar-refractivity contribution < 1.29 is 23.1 Å². The molecule has 1 atom stereocenters. The lowest BCUT2D eigenvalue weighted by Crippen LogP contribution is -2.42. The van der Waals surface area contributed by atoms with E-state index in [1.165, 1.54) is 24.5 Å². The van der Waals surface area contributed by atoms with Crippen molar-refractivity contribution in [3.8, 4) is 0 Å². The monoisotopic (exact) mass is 343 g/mol. The first-order valence-electron chi connectivity index (χ1n) is 7.14. The summed E-state index contributed by atoms with van der Waals surface area (Å²) in [5.74, 6) is -1.52. The van der Waals surface area contributed by atoms with Gasteiger partial charge in [0.15, 0.2) is 0 Å². The first kappa shape index (κ1) is 19.0. The average Bonchev–Trinajstić information content (AvgIpc) is 2.46. The normalized spacial score (nSPS) is 12.8. The molecular formula is C14H21N3O5S. The zero-order valence-corrected chi connectivity index (χ0v) is 13.8. The van der Waals surface area contributed by atoms with E-state index in [0.717, 1.165) is 0 Å². The molecule has 1 amide bonds. The van der Waals surface area contributed by atoms with Crippen LogP contribution in [-0.2, 0) is 19.6 Å². The van der Waals surface area contributed by atoms with Crippen molar-refractivity contribution in [2.75, 3.05) is 6.54 Å². The molecule has 1 rings (SSSR count). The van der Waals surface area contributed by atoms with Gasteiger partial charge in [0.1, 0.15) is 10.9 Å². The van der Waals surface area contributed by atoms with Crippen molar-refractivity contribution in [2.24, 2.45) is 5.92 Å². The number of amides is 1. The minimum Gasteiger partial charge on any atom is -0.480 e. The molecule has 0 fully saturated rings. The number of carboxylic acid groups (broad SMARTS) is 1. The van der Waals surface area contributed by atoms with E-state index in [0.29, 0.717) is 6.42 Å². The van der Waals surface area contributed by atoms with Gasteiger partial charge in [-0.2, -0.15) is 0 Å². The number of hydrogen-bond acceptors (Lipinski definition) is 5. The number of hydrogen-bond donors (Lipinski definition) is 3. The highest BCUT2D eigenvalue weighted by atomic mass is 32.2. The molecule has 0 saturated carbocycles. The molecule has 9 heteroatoms. The van der Waals surface area contributed by atoms with Crippen molar-refractivity contribution in [3.05, 3.63) is 24.5 Å². The number of carboxylic acids is 1. The summed E-state index contributed by atoms with van der Waals surface area (Å²) >= 11 is 0. The van der Waals surface area contributed by atoms with Crippen LogP contribution in [0.1, 0.15) is 26.7 Å². The molecule has 128 valence electrons. The van der Waals surface area contributed by atoms with Crippen LogP contribution in [0.3, 0.4) is 0 Å². The third-order valence-corrected chi connectivity index (χ3v) is 4.38. The summed E-state index contributed by atoms with van der Waals surface area (Å²) in [6, 6.07) is 1.90. The van der Waals surface area contributed by atoms with E-state index in [2.05, 4.69) is 15.0 Å². The fraction of sp³-hybridized carbons (Fsp3) is 0.500. The van der Waals surface area contributed by atoms with Gasteiger partial charge in [-0.15, -0.1) is 0 Å². The van der Waals surface area contributed by atoms with Gasteiger partial charge in [-0.05, 0) is 24.5 Å². The number of carbonyl (C=O) groups excluding carboxylic acids is 1. The highest BCUT2D eigenvalue weighted by Crippen LogP contribution is 2.06. The second-order valence-corrected chi connectivity index (χ2v) is 7.19. The molecule has 0 spiro atoms. The van der Waals surface area contributed by atoms with Crippen LogP contribution in [0.5, 0.6) is 0 Å². The van der Waals surface area contributed by atoms with Crippen molar-refractivity contribution in [1.82, 2.24) is 15.0 Å². The van der Waals surface area contributed by atoms with Gasteiger partial charge in [0, 0.05) is 25.4 Å². The maximum absolute atomic E-state index is 11.9.